The van der Waals surface area contributed by atoms with Gasteiger partial charge in [-0.25, -0.2) is 4.79 Å². The number of carbonyl (C=O) groups is 1. The largest absolute Gasteiger partial charge is 0.447 e. The first-order valence-corrected chi connectivity index (χ1v) is 5.68. The van der Waals surface area contributed by atoms with Gasteiger partial charge in [-0.1, -0.05) is 13.8 Å². The van der Waals surface area contributed by atoms with Crippen LogP contribution in [0.15, 0.2) is 0 Å². The van der Waals surface area contributed by atoms with Crippen molar-refractivity contribution in [2.75, 3.05) is 6.61 Å². The molecule has 2 fully saturated rings. The summed E-state index contributed by atoms with van der Waals surface area (Å²) in [5, 5.41) is 2.75. The zero-order valence-corrected chi connectivity index (χ0v) is 10.1. The monoisotopic (exact) mass is 229 g/mol. The van der Waals surface area contributed by atoms with Crippen molar-refractivity contribution < 1.29 is 19.0 Å². The Morgan fingerprint density at radius 3 is 2.56 bits per heavy atom. The van der Waals surface area contributed by atoms with Crippen LogP contribution in [0.4, 0.5) is 4.79 Å². The Morgan fingerprint density at radius 2 is 2.06 bits per heavy atom. The van der Waals surface area contributed by atoms with Crippen LogP contribution in [0.5, 0.6) is 0 Å². The molecule has 0 radical (unpaired) electrons. The van der Waals surface area contributed by atoms with Crippen molar-refractivity contribution in [3.05, 3.63) is 0 Å². The summed E-state index contributed by atoms with van der Waals surface area (Å²) in [6, 6.07) is -0.110. The summed E-state index contributed by atoms with van der Waals surface area (Å²) in [7, 11) is 0. The maximum atomic E-state index is 11.0. The van der Waals surface area contributed by atoms with Crippen LogP contribution in [0.3, 0.4) is 0 Å². The van der Waals surface area contributed by atoms with Crippen molar-refractivity contribution >= 4 is 6.09 Å². The molecule has 5 heteroatoms. The van der Waals surface area contributed by atoms with E-state index in [1.807, 2.05) is 13.8 Å². The van der Waals surface area contributed by atoms with E-state index >= 15 is 0 Å². The summed E-state index contributed by atoms with van der Waals surface area (Å²) < 4.78 is 16.6. The fraction of sp³-hybridized carbons (Fsp3) is 0.909. The van der Waals surface area contributed by atoms with Gasteiger partial charge < -0.3 is 19.5 Å². The van der Waals surface area contributed by atoms with Crippen LogP contribution in [-0.2, 0) is 14.2 Å². The molecule has 0 aliphatic carbocycles. The quantitative estimate of drug-likeness (QED) is 0.774. The first-order chi connectivity index (χ1) is 7.39. The summed E-state index contributed by atoms with van der Waals surface area (Å²) in [4.78, 5) is 11.0. The van der Waals surface area contributed by atoms with Crippen molar-refractivity contribution in [1.29, 1.82) is 0 Å². The number of cyclic esters (lactones) is 1. The van der Waals surface area contributed by atoms with E-state index in [4.69, 9.17) is 14.2 Å². The highest BCUT2D eigenvalue weighted by molar-refractivity contribution is 5.69. The van der Waals surface area contributed by atoms with E-state index in [0.717, 1.165) is 0 Å². The van der Waals surface area contributed by atoms with Gasteiger partial charge in [0.25, 0.3) is 0 Å². The van der Waals surface area contributed by atoms with Crippen LogP contribution < -0.4 is 5.32 Å². The first kappa shape index (κ1) is 11.7. The van der Waals surface area contributed by atoms with Gasteiger partial charge in [0.2, 0.25) is 0 Å². The standard InChI is InChI=1S/C11H19NO4/c1-6(2)8-9(16-11(3,4)15-8)7-5-14-10(13)12-7/h6-9H,5H2,1-4H3,(H,12,13)/t7-,8+,9?/m0/s1. The lowest BCUT2D eigenvalue weighted by Crippen LogP contribution is -2.45. The van der Waals surface area contributed by atoms with E-state index in [1.54, 1.807) is 0 Å². The Labute approximate surface area is 95.4 Å². The average Bonchev–Trinajstić information content (AvgIpc) is 2.69. The van der Waals surface area contributed by atoms with Crippen LogP contribution in [0.2, 0.25) is 0 Å². The number of hydrogen-bond donors (Lipinski definition) is 1. The molecule has 92 valence electrons. The molecule has 5 nitrogen and oxygen atoms in total. The molecule has 2 saturated heterocycles. The average molecular weight is 229 g/mol. The highest BCUT2D eigenvalue weighted by Crippen LogP contribution is 2.34. The molecule has 2 rings (SSSR count). The SMILES string of the molecule is CC(C)[C@H]1OC(C)(C)OC1[C@@H]1COC(=O)N1. The van der Waals surface area contributed by atoms with Gasteiger partial charge in [-0.3, -0.25) is 0 Å². The number of carbonyl (C=O) groups excluding carboxylic acids is 1. The lowest BCUT2D eigenvalue weighted by Gasteiger charge is -2.23. The number of nitrogens with one attached hydrogen (secondary N) is 1. The molecule has 0 aromatic rings. The number of alkyl carbamates (subject to hydrolysis) is 1. The molecular weight excluding hydrogens is 210 g/mol. The molecule has 0 bridgehead atoms. The van der Waals surface area contributed by atoms with Crippen molar-refractivity contribution in [3.8, 4) is 0 Å². The fourth-order valence-corrected chi connectivity index (χ4v) is 2.22. The van der Waals surface area contributed by atoms with E-state index in [1.165, 1.54) is 0 Å². The van der Waals surface area contributed by atoms with Crippen LogP contribution in [0, 0.1) is 5.92 Å². The maximum absolute atomic E-state index is 11.0. The van der Waals surface area contributed by atoms with Gasteiger partial charge in [0.1, 0.15) is 12.7 Å². The topological polar surface area (TPSA) is 56.8 Å². The Morgan fingerprint density at radius 1 is 1.38 bits per heavy atom. The third kappa shape index (κ3) is 2.15. The Hall–Kier alpha value is -0.810. The molecule has 0 aromatic carbocycles. The van der Waals surface area contributed by atoms with Gasteiger partial charge in [0.15, 0.2) is 5.79 Å². The molecule has 1 N–H and O–H groups in total. The van der Waals surface area contributed by atoms with Gasteiger partial charge in [0, 0.05) is 0 Å². The number of rotatable bonds is 2. The van der Waals surface area contributed by atoms with Crippen LogP contribution >= 0.6 is 0 Å². The molecule has 16 heavy (non-hydrogen) atoms. The second-order valence-corrected chi connectivity index (χ2v) is 5.16. The molecule has 0 spiro atoms. The van der Waals surface area contributed by atoms with E-state index in [0.29, 0.717) is 12.5 Å². The highest BCUT2D eigenvalue weighted by atomic mass is 16.8. The summed E-state index contributed by atoms with van der Waals surface area (Å²) in [6.45, 7) is 8.30. The second kappa shape index (κ2) is 3.89. The zero-order chi connectivity index (χ0) is 11.9. The van der Waals surface area contributed by atoms with Crippen LogP contribution in [0.1, 0.15) is 27.7 Å². The minimum atomic E-state index is -0.590. The predicted molar refractivity (Wildman–Crippen MR) is 56.9 cm³/mol. The Balaban J connectivity index is 2.09. The molecule has 2 aliphatic heterocycles. The van der Waals surface area contributed by atoms with Gasteiger partial charge in [-0.15, -0.1) is 0 Å². The van der Waals surface area contributed by atoms with Crippen LogP contribution in [-0.4, -0.2) is 36.7 Å². The molecule has 1 unspecified atom stereocenters. The normalized spacial score (nSPS) is 37.6. The van der Waals surface area contributed by atoms with E-state index in [-0.39, 0.29) is 24.3 Å². The summed E-state index contributed by atoms with van der Waals surface area (Å²) >= 11 is 0. The summed E-state index contributed by atoms with van der Waals surface area (Å²) in [5.41, 5.74) is 0. The first-order valence-electron chi connectivity index (χ1n) is 5.68. The fourth-order valence-electron chi connectivity index (χ4n) is 2.22. The number of hydrogen-bond acceptors (Lipinski definition) is 4. The highest BCUT2D eigenvalue weighted by Gasteiger charge is 2.48. The van der Waals surface area contributed by atoms with Crippen LogP contribution in [0.25, 0.3) is 0 Å². The predicted octanol–water partition coefficient (Wildman–Crippen LogP) is 1.27. The van der Waals surface area contributed by atoms with Gasteiger partial charge >= 0.3 is 6.09 Å². The van der Waals surface area contributed by atoms with Gasteiger partial charge in [-0.05, 0) is 19.8 Å². The van der Waals surface area contributed by atoms with Crippen molar-refractivity contribution in [2.24, 2.45) is 5.92 Å². The minimum Gasteiger partial charge on any atom is -0.447 e. The summed E-state index contributed by atoms with van der Waals surface area (Å²) in [6.07, 6.45) is -0.524. The van der Waals surface area contributed by atoms with E-state index in [9.17, 15) is 4.79 Å². The van der Waals surface area contributed by atoms with Crippen molar-refractivity contribution in [2.45, 2.75) is 51.7 Å². The van der Waals surface area contributed by atoms with E-state index in [2.05, 4.69) is 19.2 Å². The smallest absolute Gasteiger partial charge is 0.407 e. The third-order valence-corrected chi connectivity index (χ3v) is 2.91. The molecule has 2 aliphatic rings. The molecule has 0 saturated carbocycles. The van der Waals surface area contributed by atoms with Gasteiger partial charge in [-0.2, -0.15) is 0 Å². The van der Waals surface area contributed by atoms with Crippen molar-refractivity contribution in [1.82, 2.24) is 5.32 Å². The number of ether oxygens (including phenoxy) is 3. The molecular formula is C11H19NO4. The lowest BCUT2D eigenvalue weighted by molar-refractivity contribution is -0.151. The molecule has 2 heterocycles. The molecule has 0 aromatic heterocycles. The van der Waals surface area contributed by atoms with Crippen molar-refractivity contribution in [3.63, 3.8) is 0 Å². The number of amides is 1. The summed E-state index contributed by atoms with van der Waals surface area (Å²) in [5.74, 6) is -0.253. The third-order valence-electron chi connectivity index (χ3n) is 2.91. The Kier molecular flexibility index (Phi) is 2.84. The Bertz CT molecular complexity index is 290. The molecule has 3 atom stereocenters. The van der Waals surface area contributed by atoms with Gasteiger partial charge in [0.05, 0.1) is 12.1 Å². The molecule has 1 amide bonds. The zero-order valence-electron chi connectivity index (χ0n) is 10.1. The van der Waals surface area contributed by atoms with E-state index < -0.39 is 5.79 Å². The second-order valence-electron chi connectivity index (χ2n) is 5.16. The lowest BCUT2D eigenvalue weighted by atomic mass is 9.97. The minimum absolute atomic E-state index is 0.0120. The maximum Gasteiger partial charge on any atom is 0.407 e.